The molecule has 1 aliphatic rings. The SMILES string of the molecule is CSSCCNCC1CC1. The smallest absolute Gasteiger partial charge is 0.0162 e. The molecule has 0 radical (unpaired) electrons. The number of hydrogen-bond donors (Lipinski definition) is 1. The van der Waals surface area contributed by atoms with Crippen LogP contribution in [0.3, 0.4) is 0 Å². The molecule has 0 aliphatic heterocycles. The van der Waals surface area contributed by atoms with E-state index in [1.165, 1.54) is 31.7 Å². The van der Waals surface area contributed by atoms with Crippen LogP contribution in [0.15, 0.2) is 0 Å². The Morgan fingerprint density at radius 3 is 2.90 bits per heavy atom. The van der Waals surface area contributed by atoms with E-state index >= 15 is 0 Å². The van der Waals surface area contributed by atoms with Crippen molar-refractivity contribution >= 4 is 21.6 Å². The first-order valence-corrected chi connectivity index (χ1v) is 6.52. The Kier molecular flexibility index (Phi) is 4.66. The number of hydrogen-bond acceptors (Lipinski definition) is 3. The summed E-state index contributed by atoms with van der Waals surface area (Å²) < 4.78 is 0. The first kappa shape index (κ1) is 8.75. The molecule has 0 unspecified atom stereocenters. The molecule has 60 valence electrons. The molecule has 0 aromatic rings. The number of rotatable bonds is 6. The van der Waals surface area contributed by atoms with Crippen molar-refractivity contribution in [2.45, 2.75) is 12.8 Å². The van der Waals surface area contributed by atoms with Crippen molar-refractivity contribution in [3.05, 3.63) is 0 Å². The lowest BCUT2D eigenvalue weighted by Crippen LogP contribution is -2.19. The van der Waals surface area contributed by atoms with Gasteiger partial charge in [-0.15, -0.1) is 0 Å². The van der Waals surface area contributed by atoms with Gasteiger partial charge in [0.1, 0.15) is 0 Å². The van der Waals surface area contributed by atoms with Crippen molar-refractivity contribution in [3.8, 4) is 0 Å². The van der Waals surface area contributed by atoms with E-state index in [0.717, 1.165) is 5.92 Å². The van der Waals surface area contributed by atoms with E-state index in [9.17, 15) is 0 Å². The Hall–Kier alpha value is 0.660. The van der Waals surface area contributed by atoms with Gasteiger partial charge in [-0.05, 0) is 31.6 Å². The molecule has 0 heterocycles. The summed E-state index contributed by atoms with van der Waals surface area (Å²) in [5.74, 6) is 2.27. The molecule has 0 spiro atoms. The molecular formula is C7H15NS2. The molecule has 1 N–H and O–H groups in total. The second kappa shape index (κ2) is 5.33. The zero-order valence-electron chi connectivity index (χ0n) is 6.43. The van der Waals surface area contributed by atoms with Crippen molar-refractivity contribution in [2.75, 3.05) is 25.1 Å². The molecule has 10 heavy (non-hydrogen) atoms. The van der Waals surface area contributed by atoms with E-state index < -0.39 is 0 Å². The summed E-state index contributed by atoms with van der Waals surface area (Å²) in [6.07, 6.45) is 5.05. The van der Waals surface area contributed by atoms with Crippen molar-refractivity contribution in [1.29, 1.82) is 0 Å². The van der Waals surface area contributed by atoms with Crippen LogP contribution in [0, 0.1) is 5.92 Å². The molecule has 1 rings (SSSR count). The quantitative estimate of drug-likeness (QED) is 0.492. The second-order valence-corrected chi connectivity index (χ2v) is 5.32. The van der Waals surface area contributed by atoms with Crippen LogP contribution < -0.4 is 5.32 Å². The summed E-state index contributed by atoms with van der Waals surface area (Å²) in [5, 5.41) is 3.45. The van der Waals surface area contributed by atoms with Gasteiger partial charge in [-0.1, -0.05) is 21.6 Å². The molecule has 0 aromatic carbocycles. The fraction of sp³-hybridized carbons (Fsp3) is 1.00. The lowest BCUT2D eigenvalue weighted by Gasteiger charge is -2.00. The maximum absolute atomic E-state index is 3.45. The topological polar surface area (TPSA) is 12.0 Å². The van der Waals surface area contributed by atoms with Crippen molar-refractivity contribution in [1.82, 2.24) is 5.32 Å². The molecule has 0 saturated heterocycles. The summed E-state index contributed by atoms with van der Waals surface area (Å²) >= 11 is 0. The Morgan fingerprint density at radius 2 is 2.30 bits per heavy atom. The van der Waals surface area contributed by atoms with E-state index in [2.05, 4.69) is 11.6 Å². The van der Waals surface area contributed by atoms with Crippen LogP contribution in [0.4, 0.5) is 0 Å². The zero-order valence-corrected chi connectivity index (χ0v) is 8.06. The van der Waals surface area contributed by atoms with E-state index in [1.807, 2.05) is 21.6 Å². The summed E-state index contributed by atoms with van der Waals surface area (Å²) in [7, 11) is 3.79. The van der Waals surface area contributed by atoms with Crippen molar-refractivity contribution < 1.29 is 0 Å². The van der Waals surface area contributed by atoms with Crippen LogP contribution in [-0.2, 0) is 0 Å². The highest BCUT2D eigenvalue weighted by Crippen LogP contribution is 2.27. The summed E-state index contributed by atoms with van der Waals surface area (Å²) in [6, 6.07) is 0. The third-order valence-electron chi connectivity index (χ3n) is 1.61. The monoisotopic (exact) mass is 177 g/mol. The molecule has 1 saturated carbocycles. The third-order valence-corrected chi connectivity index (χ3v) is 3.42. The molecule has 3 heteroatoms. The van der Waals surface area contributed by atoms with Gasteiger partial charge in [-0.25, -0.2) is 0 Å². The number of nitrogens with one attached hydrogen (secondary N) is 1. The minimum atomic E-state index is 1.03. The predicted octanol–water partition coefficient (Wildman–Crippen LogP) is 2.00. The first-order valence-electron chi connectivity index (χ1n) is 3.80. The second-order valence-electron chi connectivity index (χ2n) is 2.64. The third kappa shape index (κ3) is 4.47. The van der Waals surface area contributed by atoms with Gasteiger partial charge in [0.05, 0.1) is 0 Å². The minimum absolute atomic E-state index is 1.03. The highest BCUT2D eigenvalue weighted by atomic mass is 33.1. The average Bonchev–Trinajstić information content (AvgIpc) is 2.71. The minimum Gasteiger partial charge on any atom is -0.316 e. The fourth-order valence-electron chi connectivity index (χ4n) is 0.825. The Balaban J connectivity index is 1.68. The summed E-state index contributed by atoms with van der Waals surface area (Å²) in [4.78, 5) is 0. The van der Waals surface area contributed by atoms with Gasteiger partial charge < -0.3 is 5.32 Å². The summed E-state index contributed by atoms with van der Waals surface area (Å²) in [6.45, 7) is 2.44. The van der Waals surface area contributed by atoms with Gasteiger partial charge in [0.2, 0.25) is 0 Å². The van der Waals surface area contributed by atoms with Gasteiger partial charge in [-0.2, -0.15) is 0 Å². The van der Waals surface area contributed by atoms with E-state index in [4.69, 9.17) is 0 Å². The van der Waals surface area contributed by atoms with Crippen molar-refractivity contribution in [3.63, 3.8) is 0 Å². The molecule has 0 amide bonds. The van der Waals surface area contributed by atoms with E-state index in [0.29, 0.717) is 0 Å². The van der Waals surface area contributed by atoms with Crippen LogP contribution in [0.5, 0.6) is 0 Å². The Morgan fingerprint density at radius 1 is 1.50 bits per heavy atom. The van der Waals surface area contributed by atoms with Crippen LogP contribution >= 0.6 is 21.6 Å². The Labute approximate surface area is 71.1 Å². The largest absolute Gasteiger partial charge is 0.316 e. The normalized spacial score (nSPS) is 17.7. The zero-order chi connectivity index (χ0) is 7.23. The first-order chi connectivity index (χ1) is 4.93. The molecule has 0 bridgehead atoms. The van der Waals surface area contributed by atoms with Gasteiger partial charge in [0.25, 0.3) is 0 Å². The predicted molar refractivity (Wildman–Crippen MR) is 51.6 cm³/mol. The molecule has 1 fully saturated rings. The standard InChI is InChI=1S/C7H15NS2/c1-9-10-5-4-8-6-7-2-3-7/h7-8H,2-6H2,1H3. The van der Waals surface area contributed by atoms with Gasteiger partial charge in [0.15, 0.2) is 0 Å². The Bertz CT molecular complexity index is 83.7. The molecule has 0 aromatic heterocycles. The van der Waals surface area contributed by atoms with Crippen LogP contribution in [0.25, 0.3) is 0 Å². The fourth-order valence-corrected chi connectivity index (χ4v) is 1.97. The van der Waals surface area contributed by atoms with E-state index in [1.54, 1.807) is 0 Å². The average molecular weight is 177 g/mol. The van der Waals surface area contributed by atoms with Crippen molar-refractivity contribution in [2.24, 2.45) is 5.92 Å². The summed E-state index contributed by atoms with van der Waals surface area (Å²) in [5.41, 5.74) is 0. The maximum Gasteiger partial charge on any atom is 0.0162 e. The molecule has 0 atom stereocenters. The van der Waals surface area contributed by atoms with Crippen LogP contribution in [-0.4, -0.2) is 25.1 Å². The van der Waals surface area contributed by atoms with Gasteiger partial charge in [0, 0.05) is 12.3 Å². The van der Waals surface area contributed by atoms with Gasteiger partial charge in [-0.3, -0.25) is 0 Å². The van der Waals surface area contributed by atoms with E-state index in [-0.39, 0.29) is 0 Å². The van der Waals surface area contributed by atoms with Crippen LogP contribution in [0.2, 0.25) is 0 Å². The molecule has 1 nitrogen and oxygen atoms in total. The van der Waals surface area contributed by atoms with Gasteiger partial charge >= 0.3 is 0 Å². The van der Waals surface area contributed by atoms with Crippen LogP contribution in [0.1, 0.15) is 12.8 Å². The molecule has 1 aliphatic carbocycles. The molecular weight excluding hydrogens is 162 g/mol. The lowest BCUT2D eigenvalue weighted by atomic mass is 10.4. The highest BCUT2D eigenvalue weighted by molar-refractivity contribution is 8.76. The maximum atomic E-state index is 3.45. The lowest BCUT2D eigenvalue weighted by molar-refractivity contribution is 0.666. The highest BCUT2D eigenvalue weighted by Gasteiger charge is 2.19.